The van der Waals surface area contributed by atoms with Crippen LogP contribution in [0, 0.1) is 0 Å². The molecule has 0 radical (unpaired) electrons. The molecule has 9 nitrogen and oxygen atoms in total. The van der Waals surface area contributed by atoms with Gasteiger partial charge in [-0.15, -0.1) is 0 Å². The molecular weight excluding hydrogens is 1010 g/mol. The number of likely N-dealkylation sites (N-methyl/N-ethyl adjacent to an activating group) is 1. The number of ether oxygens (including phenoxy) is 1. The molecule has 3 atom stereocenters. The van der Waals surface area contributed by atoms with E-state index in [0.29, 0.717) is 17.4 Å². The van der Waals surface area contributed by atoms with Crippen LogP contribution in [0.25, 0.3) is 0 Å². The van der Waals surface area contributed by atoms with Crippen molar-refractivity contribution in [3.63, 3.8) is 0 Å². The van der Waals surface area contributed by atoms with Crippen LogP contribution in [0.5, 0.6) is 0 Å². The van der Waals surface area contributed by atoms with Crippen molar-refractivity contribution in [1.29, 1.82) is 0 Å². The molecule has 0 aliphatic carbocycles. The quantitative estimate of drug-likeness (QED) is 0.0205. The minimum Gasteiger partial charge on any atom is -0.456 e. The van der Waals surface area contributed by atoms with Gasteiger partial charge in [0.2, 0.25) is 5.91 Å². The fraction of sp³-hybridized carbons (Fsp3) is 0.743. The van der Waals surface area contributed by atoms with E-state index in [4.69, 9.17) is 13.8 Å². The van der Waals surface area contributed by atoms with Gasteiger partial charge in [-0.2, -0.15) is 0 Å². The number of rotatable bonds is 59. The Morgan fingerprint density at radius 1 is 0.450 bits per heavy atom. The van der Waals surface area contributed by atoms with Gasteiger partial charge in [0.05, 0.1) is 33.8 Å². The number of phosphoric acid groups is 1. The van der Waals surface area contributed by atoms with Crippen molar-refractivity contribution in [3.8, 4) is 0 Å². The van der Waals surface area contributed by atoms with E-state index >= 15 is 0 Å². The van der Waals surface area contributed by atoms with Crippen LogP contribution in [0.2, 0.25) is 0 Å². The van der Waals surface area contributed by atoms with Crippen LogP contribution in [-0.4, -0.2) is 74.3 Å². The zero-order valence-electron chi connectivity index (χ0n) is 52.8. The first-order valence-electron chi connectivity index (χ1n) is 33.1. The maximum absolute atomic E-state index is 13.5. The normalized spacial score (nSPS) is 14.2. The van der Waals surface area contributed by atoms with Gasteiger partial charge in [-0.1, -0.05) is 260 Å². The van der Waals surface area contributed by atoms with Gasteiger partial charge >= 0.3 is 13.8 Å². The van der Waals surface area contributed by atoms with Crippen molar-refractivity contribution in [2.45, 2.75) is 296 Å². The Balaban J connectivity index is 5.07. The summed E-state index contributed by atoms with van der Waals surface area (Å²) in [6, 6.07) is -0.861. The molecule has 1 amide bonds. The summed E-state index contributed by atoms with van der Waals surface area (Å²) in [7, 11) is 1.48. The zero-order valence-corrected chi connectivity index (χ0v) is 53.7. The van der Waals surface area contributed by atoms with Gasteiger partial charge in [-0.05, 0) is 109 Å². The number of amides is 1. The molecule has 0 aliphatic rings. The minimum atomic E-state index is -4.46. The van der Waals surface area contributed by atoms with Crippen molar-refractivity contribution >= 4 is 19.7 Å². The molecule has 3 unspecified atom stereocenters. The number of allylic oxidation sites excluding steroid dienone is 15. The van der Waals surface area contributed by atoms with Crippen LogP contribution in [0.4, 0.5) is 0 Å². The number of nitrogens with zero attached hydrogens (tertiary/aromatic N) is 1. The number of hydrogen-bond acceptors (Lipinski definition) is 6. The second-order valence-electron chi connectivity index (χ2n) is 23.3. The molecule has 2 N–H and O–H groups in total. The third-order valence-corrected chi connectivity index (χ3v) is 15.2. The second kappa shape index (κ2) is 59.1. The number of esters is 1. The number of nitrogens with one attached hydrogen (secondary N) is 1. The Labute approximate surface area is 494 Å². The van der Waals surface area contributed by atoms with E-state index in [0.717, 1.165) is 116 Å². The van der Waals surface area contributed by atoms with Gasteiger partial charge in [0.25, 0.3) is 0 Å². The third kappa shape index (κ3) is 59.5. The first kappa shape index (κ1) is 76.9. The van der Waals surface area contributed by atoms with Gasteiger partial charge in [0.1, 0.15) is 19.3 Å². The predicted octanol–water partition coefficient (Wildman–Crippen LogP) is 20.7. The van der Waals surface area contributed by atoms with Crippen molar-refractivity contribution in [2.75, 3.05) is 40.9 Å². The lowest BCUT2D eigenvalue weighted by Crippen LogP contribution is -2.47. The average molecular weight is 1140 g/mol. The van der Waals surface area contributed by atoms with Crippen molar-refractivity contribution in [2.24, 2.45) is 0 Å². The number of phosphoric ester groups is 1. The molecule has 462 valence electrons. The molecule has 0 aromatic rings. The van der Waals surface area contributed by atoms with E-state index in [9.17, 15) is 19.0 Å². The Kier molecular flexibility index (Phi) is 56.8. The first-order chi connectivity index (χ1) is 38.9. The molecule has 0 rings (SSSR count). The van der Waals surface area contributed by atoms with Gasteiger partial charge in [-0.3, -0.25) is 18.6 Å². The Morgan fingerprint density at radius 3 is 1.23 bits per heavy atom. The van der Waals surface area contributed by atoms with E-state index < -0.39 is 20.0 Å². The lowest BCUT2D eigenvalue weighted by atomic mass is 10.0. The molecule has 0 heterocycles. The second-order valence-corrected chi connectivity index (χ2v) is 24.7. The molecule has 0 aliphatic heterocycles. The first-order valence-corrected chi connectivity index (χ1v) is 34.6. The molecule has 0 aromatic carbocycles. The number of unbranched alkanes of at least 4 members (excludes halogenated alkanes) is 29. The largest absolute Gasteiger partial charge is 0.472 e. The predicted molar refractivity (Wildman–Crippen MR) is 346 cm³/mol. The summed E-state index contributed by atoms with van der Waals surface area (Å²) in [5, 5.41) is 3.05. The highest BCUT2D eigenvalue weighted by Crippen LogP contribution is 2.43. The summed E-state index contributed by atoms with van der Waals surface area (Å²) < 4.78 is 30.7. The van der Waals surface area contributed by atoms with Gasteiger partial charge in [-0.25, -0.2) is 4.57 Å². The number of carbonyl (C=O) groups excluding carboxylic acids is 2. The molecule has 0 fully saturated rings. The summed E-state index contributed by atoms with van der Waals surface area (Å²) in [4.78, 5) is 37.8. The van der Waals surface area contributed by atoms with Crippen LogP contribution >= 0.6 is 7.82 Å². The molecular formula is C70H126N2O7P+. The maximum Gasteiger partial charge on any atom is 0.472 e. The van der Waals surface area contributed by atoms with Gasteiger partial charge in [0, 0.05) is 12.8 Å². The van der Waals surface area contributed by atoms with Crippen LogP contribution in [-0.2, 0) is 27.9 Å². The highest BCUT2D eigenvalue weighted by Gasteiger charge is 2.30. The minimum absolute atomic E-state index is 0.0331. The lowest BCUT2D eigenvalue weighted by Gasteiger charge is -2.27. The van der Waals surface area contributed by atoms with Crippen molar-refractivity contribution in [1.82, 2.24) is 5.32 Å². The van der Waals surface area contributed by atoms with Crippen molar-refractivity contribution < 1.29 is 37.3 Å². The molecule has 80 heavy (non-hydrogen) atoms. The van der Waals surface area contributed by atoms with Crippen LogP contribution in [0.3, 0.4) is 0 Å². The summed E-state index contributed by atoms with van der Waals surface area (Å²) in [5.41, 5.74) is 0. The smallest absolute Gasteiger partial charge is 0.456 e. The topological polar surface area (TPSA) is 111 Å². The summed E-state index contributed by atoms with van der Waals surface area (Å²) in [6.45, 7) is 6.86. The Bertz CT molecular complexity index is 1690. The summed E-state index contributed by atoms with van der Waals surface area (Å²) in [5.74, 6) is -0.525. The van der Waals surface area contributed by atoms with E-state index in [2.05, 4.69) is 111 Å². The molecule has 0 aromatic heterocycles. The van der Waals surface area contributed by atoms with Crippen LogP contribution in [0.15, 0.2) is 97.2 Å². The third-order valence-electron chi connectivity index (χ3n) is 14.3. The molecule has 0 saturated heterocycles. The van der Waals surface area contributed by atoms with E-state index in [-0.39, 0.29) is 31.5 Å². The lowest BCUT2D eigenvalue weighted by molar-refractivity contribution is -0.870. The van der Waals surface area contributed by atoms with E-state index in [1.54, 1.807) is 0 Å². The number of hydrogen-bond donors (Lipinski definition) is 2. The van der Waals surface area contributed by atoms with Crippen LogP contribution < -0.4 is 5.32 Å². The molecule has 0 saturated carbocycles. The van der Waals surface area contributed by atoms with Crippen LogP contribution in [0.1, 0.15) is 284 Å². The fourth-order valence-electron chi connectivity index (χ4n) is 9.17. The Hall–Kier alpha value is -3.07. The van der Waals surface area contributed by atoms with Crippen molar-refractivity contribution in [3.05, 3.63) is 97.2 Å². The summed E-state index contributed by atoms with van der Waals surface area (Å²) in [6.07, 6.45) is 79.8. The standard InChI is InChI=1S/C70H125N2O7P/c1-7-10-13-16-19-22-25-27-29-31-32-33-34-35-36-37-38-39-40-41-43-45-48-51-54-57-60-63-70(74)79-68(61-58-55-52-49-46-24-21-18-15-12-9-3)67(66-78-80(75,76)77-65-64-72(4,5)6)71-69(73)62-59-56-53-50-47-44-42-30-28-26-23-20-17-14-11-8-2/h11,14,19-20,22-23,27-30,32-33,35-36,58,61,67-68H,7-10,12-13,15-18,21,24-26,31,34,37-57,59-60,62-66H2,1-6H3,(H-,71,73,75,76)/p+1/b14-11+,22-19-,23-20+,29-27-,30-28+,33-32-,36-35-,61-58-. The molecule has 10 heteroatoms. The van der Waals surface area contributed by atoms with Gasteiger partial charge < -0.3 is 19.4 Å². The number of quaternary nitrogens is 1. The Morgan fingerprint density at radius 2 is 0.800 bits per heavy atom. The monoisotopic (exact) mass is 1140 g/mol. The maximum atomic E-state index is 13.5. The highest BCUT2D eigenvalue weighted by molar-refractivity contribution is 7.47. The average Bonchev–Trinajstić information content (AvgIpc) is 3.43. The fourth-order valence-corrected chi connectivity index (χ4v) is 9.91. The highest BCUT2D eigenvalue weighted by atomic mass is 31.2. The number of carbonyl (C=O) groups is 2. The SMILES string of the molecule is CC/C=C/C/C=C/C/C=C/CCCCCCCCC(=O)NC(COP(=O)(O)OCC[N+](C)(C)C)C(/C=C\CCCCCCCCCCC)OC(=O)CCCCCCCCCCCCC/C=C\C/C=C\C/C=C\C/C=C\CCCCC. The van der Waals surface area contributed by atoms with E-state index in [1.807, 2.05) is 33.3 Å². The van der Waals surface area contributed by atoms with E-state index in [1.165, 1.54) is 135 Å². The molecule has 0 spiro atoms. The molecule has 0 bridgehead atoms. The zero-order chi connectivity index (χ0) is 58.6. The summed E-state index contributed by atoms with van der Waals surface area (Å²) >= 11 is 0. The van der Waals surface area contributed by atoms with Gasteiger partial charge in [0.15, 0.2) is 0 Å².